The fourth-order valence-electron chi connectivity index (χ4n) is 1.79. The molecule has 0 saturated carbocycles. The predicted molar refractivity (Wildman–Crippen MR) is 81.8 cm³/mol. The van der Waals surface area contributed by atoms with Gasteiger partial charge in [0.15, 0.2) is 5.82 Å². The molecule has 0 fully saturated rings. The fourth-order valence-corrected chi connectivity index (χ4v) is 1.79. The number of halogens is 1. The van der Waals surface area contributed by atoms with Gasteiger partial charge in [0.2, 0.25) is 5.91 Å². The number of nitrogens with two attached hydrogens (primary N) is 1. The van der Waals surface area contributed by atoms with Crippen LogP contribution in [0.1, 0.15) is 24.7 Å². The molecule has 1 aromatic heterocycles. The summed E-state index contributed by atoms with van der Waals surface area (Å²) in [6.45, 7) is 3.99. The molecule has 3 N–H and O–H groups in total. The van der Waals surface area contributed by atoms with Crippen molar-refractivity contribution < 1.29 is 9.32 Å². The molecule has 6 nitrogen and oxygen atoms in total. The van der Waals surface area contributed by atoms with Gasteiger partial charge in [0.25, 0.3) is 5.89 Å². The van der Waals surface area contributed by atoms with Crippen LogP contribution in [0.15, 0.2) is 28.8 Å². The van der Waals surface area contributed by atoms with Crippen LogP contribution in [0.3, 0.4) is 0 Å². The number of nitrogens with one attached hydrogen (secondary N) is 1. The highest BCUT2D eigenvalue weighted by atomic mass is 35.5. The van der Waals surface area contributed by atoms with E-state index < -0.39 is 0 Å². The van der Waals surface area contributed by atoms with Gasteiger partial charge in [0.05, 0.1) is 6.54 Å². The van der Waals surface area contributed by atoms with Crippen molar-refractivity contribution in [3.05, 3.63) is 35.7 Å². The summed E-state index contributed by atoms with van der Waals surface area (Å²) in [6.07, 6.45) is 0.280. The molecule has 114 valence electrons. The Morgan fingerprint density at radius 2 is 2.14 bits per heavy atom. The van der Waals surface area contributed by atoms with E-state index in [4.69, 9.17) is 10.3 Å². The summed E-state index contributed by atoms with van der Waals surface area (Å²) in [6, 6.07) is 7.59. The van der Waals surface area contributed by atoms with Gasteiger partial charge in [-0.2, -0.15) is 4.98 Å². The van der Waals surface area contributed by atoms with Gasteiger partial charge < -0.3 is 15.6 Å². The molecule has 0 radical (unpaired) electrons. The first-order valence-corrected chi connectivity index (χ1v) is 6.47. The summed E-state index contributed by atoms with van der Waals surface area (Å²) >= 11 is 0. The van der Waals surface area contributed by atoms with Crippen LogP contribution in [-0.4, -0.2) is 22.1 Å². The van der Waals surface area contributed by atoms with Crippen molar-refractivity contribution in [2.45, 2.75) is 32.9 Å². The Morgan fingerprint density at radius 3 is 2.81 bits per heavy atom. The summed E-state index contributed by atoms with van der Waals surface area (Å²) in [5.74, 6) is 0.781. The molecule has 0 aliphatic heterocycles. The zero-order chi connectivity index (χ0) is 14.5. The Hall–Kier alpha value is -1.92. The second kappa shape index (κ2) is 7.75. The summed E-state index contributed by atoms with van der Waals surface area (Å²) in [7, 11) is 0. The molecule has 2 aromatic rings. The molecule has 7 heteroatoms. The Morgan fingerprint density at radius 1 is 1.43 bits per heavy atom. The zero-order valence-electron chi connectivity index (χ0n) is 12.0. The van der Waals surface area contributed by atoms with Crippen molar-refractivity contribution in [1.82, 2.24) is 15.5 Å². The third-order valence-corrected chi connectivity index (χ3v) is 2.79. The molecular weight excluding hydrogens is 292 g/mol. The molecule has 21 heavy (non-hydrogen) atoms. The van der Waals surface area contributed by atoms with Gasteiger partial charge in [0, 0.05) is 18.0 Å². The zero-order valence-corrected chi connectivity index (χ0v) is 12.8. The average Bonchev–Trinajstić information content (AvgIpc) is 2.85. The van der Waals surface area contributed by atoms with Crippen LogP contribution in [0, 0.1) is 6.92 Å². The number of nitrogens with zero attached hydrogens (tertiary/aromatic N) is 2. The van der Waals surface area contributed by atoms with Gasteiger partial charge in [-0.3, -0.25) is 4.79 Å². The number of aromatic nitrogens is 2. The highest BCUT2D eigenvalue weighted by molar-refractivity contribution is 5.85. The normalized spacial score (nSPS) is 11.6. The number of carbonyl (C=O) groups is 1. The monoisotopic (exact) mass is 310 g/mol. The number of hydrogen-bond donors (Lipinski definition) is 2. The van der Waals surface area contributed by atoms with Crippen LogP contribution < -0.4 is 11.1 Å². The Kier molecular flexibility index (Phi) is 6.33. The maximum Gasteiger partial charge on any atom is 0.258 e. The van der Waals surface area contributed by atoms with Crippen LogP contribution in [-0.2, 0) is 11.3 Å². The molecule has 0 saturated heterocycles. The second-order valence-corrected chi connectivity index (χ2v) is 4.79. The number of carbonyl (C=O) groups excluding carboxylic acids is 1. The molecule has 1 amide bonds. The average molecular weight is 311 g/mol. The lowest BCUT2D eigenvalue weighted by atomic mass is 10.1. The van der Waals surface area contributed by atoms with Crippen LogP contribution >= 0.6 is 12.4 Å². The van der Waals surface area contributed by atoms with E-state index in [2.05, 4.69) is 15.5 Å². The van der Waals surface area contributed by atoms with Crippen molar-refractivity contribution in [1.29, 1.82) is 0 Å². The minimum absolute atomic E-state index is 0. The van der Waals surface area contributed by atoms with Crippen LogP contribution in [0.4, 0.5) is 0 Å². The van der Waals surface area contributed by atoms with Gasteiger partial charge in [0.1, 0.15) is 0 Å². The van der Waals surface area contributed by atoms with E-state index in [9.17, 15) is 4.79 Å². The number of hydrogen-bond acceptors (Lipinski definition) is 5. The smallest absolute Gasteiger partial charge is 0.258 e. The Balaban J connectivity index is 0.00000220. The summed E-state index contributed by atoms with van der Waals surface area (Å²) < 4.78 is 5.21. The van der Waals surface area contributed by atoms with Crippen molar-refractivity contribution in [3.63, 3.8) is 0 Å². The quantitative estimate of drug-likeness (QED) is 0.878. The standard InChI is InChI=1S/C14H18N4O2.ClH/c1-9-5-3-4-6-11(9)14-17-12(18-20-14)8-16-13(19)7-10(2)15;/h3-6,10H,7-8,15H2,1-2H3,(H,16,19);1H. The number of amides is 1. The van der Waals surface area contributed by atoms with Gasteiger partial charge >= 0.3 is 0 Å². The lowest BCUT2D eigenvalue weighted by Gasteiger charge is -2.04. The maximum atomic E-state index is 11.5. The van der Waals surface area contributed by atoms with Crippen molar-refractivity contribution >= 4 is 18.3 Å². The van der Waals surface area contributed by atoms with E-state index in [0.29, 0.717) is 11.7 Å². The van der Waals surface area contributed by atoms with E-state index in [1.807, 2.05) is 31.2 Å². The molecule has 0 aliphatic rings. The van der Waals surface area contributed by atoms with Crippen molar-refractivity contribution in [2.24, 2.45) is 5.73 Å². The SMILES string of the molecule is Cc1ccccc1-c1nc(CNC(=O)CC(C)N)no1.Cl. The topological polar surface area (TPSA) is 94.0 Å². The van der Waals surface area contributed by atoms with E-state index in [1.54, 1.807) is 6.92 Å². The molecule has 0 spiro atoms. The van der Waals surface area contributed by atoms with Gasteiger partial charge in [-0.05, 0) is 25.5 Å². The molecule has 1 atom stereocenters. The van der Waals surface area contributed by atoms with E-state index in [0.717, 1.165) is 11.1 Å². The summed E-state index contributed by atoms with van der Waals surface area (Å²) in [5, 5.41) is 6.56. The molecule has 2 rings (SSSR count). The first-order valence-electron chi connectivity index (χ1n) is 6.47. The molecule has 0 aliphatic carbocycles. The highest BCUT2D eigenvalue weighted by Crippen LogP contribution is 2.20. The van der Waals surface area contributed by atoms with Crippen molar-refractivity contribution in [2.75, 3.05) is 0 Å². The lowest BCUT2D eigenvalue weighted by Crippen LogP contribution is -2.29. The summed E-state index contributed by atoms with van der Waals surface area (Å²) in [4.78, 5) is 15.7. The van der Waals surface area contributed by atoms with Gasteiger partial charge in [-0.25, -0.2) is 0 Å². The number of rotatable bonds is 5. The van der Waals surface area contributed by atoms with Crippen LogP contribution in [0.2, 0.25) is 0 Å². The highest BCUT2D eigenvalue weighted by Gasteiger charge is 2.11. The van der Waals surface area contributed by atoms with Gasteiger partial charge in [-0.15, -0.1) is 12.4 Å². The second-order valence-electron chi connectivity index (χ2n) is 4.79. The first kappa shape index (κ1) is 17.1. The van der Waals surface area contributed by atoms with Crippen LogP contribution in [0.5, 0.6) is 0 Å². The summed E-state index contributed by atoms with van der Waals surface area (Å²) in [5.41, 5.74) is 7.50. The lowest BCUT2D eigenvalue weighted by molar-refractivity contribution is -0.121. The Bertz CT molecular complexity index is 598. The molecular formula is C14H19ClN4O2. The molecule has 1 aromatic carbocycles. The molecule has 1 unspecified atom stereocenters. The minimum atomic E-state index is -0.164. The molecule has 0 bridgehead atoms. The largest absolute Gasteiger partial charge is 0.349 e. The van der Waals surface area contributed by atoms with Gasteiger partial charge in [-0.1, -0.05) is 23.4 Å². The van der Waals surface area contributed by atoms with E-state index in [-0.39, 0.29) is 37.3 Å². The minimum Gasteiger partial charge on any atom is -0.349 e. The Labute approximate surface area is 129 Å². The predicted octanol–water partition coefficient (Wildman–Crippen LogP) is 1.82. The van der Waals surface area contributed by atoms with Crippen LogP contribution in [0.25, 0.3) is 11.5 Å². The maximum absolute atomic E-state index is 11.5. The number of benzene rings is 1. The van der Waals surface area contributed by atoms with Crippen molar-refractivity contribution in [3.8, 4) is 11.5 Å². The van der Waals surface area contributed by atoms with E-state index >= 15 is 0 Å². The number of aryl methyl sites for hydroxylation is 1. The first-order chi connectivity index (χ1) is 9.56. The third kappa shape index (κ3) is 4.84. The molecule has 1 heterocycles. The fraction of sp³-hybridized carbons (Fsp3) is 0.357. The van der Waals surface area contributed by atoms with E-state index in [1.165, 1.54) is 0 Å². The third-order valence-electron chi connectivity index (χ3n) is 2.79.